The second kappa shape index (κ2) is 22.9. The van der Waals surface area contributed by atoms with Gasteiger partial charge in [-0.05, 0) is 75.6 Å². The van der Waals surface area contributed by atoms with Crippen LogP contribution in [-0.2, 0) is 34.0 Å². The minimum absolute atomic E-state index is 0.0143. The third-order valence-electron chi connectivity index (χ3n) is 13.2. The van der Waals surface area contributed by atoms with Crippen molar-refractivity contribution in [1.29, 1.82) is 0 Å². The highest BCUT2D eigenvalue weighted by molar-refractivity contribution is 14.1. The lowest BCUT2D eigenvalue weighted by atomic mass is 9.79. The molecule has 14 heteroatoms. The fourth-order valence-corrected chi connectivity index (χ4v) is 9.97. The van der Waals surface area contributed by atoms with Gasteiger partial charge in [-0.2, -0.15) is 13.2 Å². The maximum atomic E-state index is 14.0. The van der Waals surface area contributed by atoms with Gasteiger partial charge in [-0.1, -0.05) is 124 Å². The zero-order valence-electron chi connectivity index (χ0n) is 38.5. The molecule has 4 rings (SSSR count). The number of aliphatic hydroxyl groups is 2. The van der Waals surface area contributed by atoms with E-state index in [9.17, 15) is 33.0 Å². The Morgan fingerprint density at radius 2 is 1.76 bits per heavy atom. The summed E-state index contributed by atoms with van der Waals surface area (Å²) >= 11 is 2.46. The lowest BCUT2D eigenvalue weighted by Gasteiger charge is -2.42. The van der Waals surface area contributed by atoms with E-state index in [1.807, 2.05) is 60.6 Å². The number of aliphatic hydroxyl groups excluding tert-OH is 2. The first kappa shape index (κ1) is 52.6. The molecule has 0 radical (unpaired) electrons. The maximum Gasteiger partial charge on any atom is 0.412 e. The summed E-state index contributed by atoms with van der Waals surface area (Å²) in [7, 11) is 2.88. The van der Waals surface area contributed by atoms with Gasteiger partial charge < -0.3 is 33.9 Å². The van der Waals surface area contributed by atoms with Gasteiger partial charge in [0.05, 0.1) is 37.1 Å². The first-order valence-corrected chi connectivity index (χ1v) is 23.3. The Hall–Kier alpha value is -3.02. The molecule has 3 aliphatic rings. The van der Waals surface area contributed by atoms with Gasteiger partial charge >= 0.3 is 18.1 Å². The molecule has 0 bridgehead atoms. The van der Waals surface area contributed by atoms with Gasteiger partial charge in [0.15, 0.2) is 5.54 Å². The molecular weight excluding hydrogens is 928 g/mol. The second-order valence-corrected chi connectivity index (χ2v) is 19.5. The molecule has 3 aliphatic heterocycles. The molecule has 2 unspecified atom stereocenters. The van der Waals surface area contributed by atoms with Crippen LogP contribution in [0.3, 0.4) is 0 Å². The predicted molar refractivity (Wildman–Crippen MR) is 246 cm³/mol. The number of hydrogen-bond donors (Lipinski definition) is 3. The quantitative estimate of drug-likeness (QED) is 0.0646. The number of carbonyl (C=O) groups is 2. The van der Waals surface area contributed by atoms with Gasteiger partial charge in [0.2, 0.25) is 5.76 Å². The van der Waals surface area contributed by atoms with Crippen LogP contribution in [0.2, 0.25) is 0 Å². The molecule has 0 aliphatic carbocycles. The van der Waals surface area contributed by atoms with E-state index >= 15 is 0 Å². The second-order valence-electron chi connectivity index (χ2n) is 17.9. The highest BCUT2D eigenvalue weighted by Gasteiger charge is 2.64. The zero-order valence-corrected chi connectivity index (χ0v) is 40.7. The topological polar surface area (TPSA) is 143 Å². The van der Waals surface area contributed by atoms with E-state index in [2.05, 4.69) is 40.9 Å². The maximum absolute atomic E-state index is 14.0. The number of rotatable bonds is 11. The summed E-state index contributed by atoms with van der Waals surface area (Å²) in [4.78, 5) is 27.7. The van der Waals surface area contributed by atoms with Crippen LogP contribution >= 0.6 is 22.6 Å². The SMILES string of the molecule is C/C=C/[C@H]1O[C@@H]([C@@H](C)[C@@H](O)[C@H](C)[C@H]2OC(=O)/C(OC)=C/C(C)=C/[C@@H](C)[C@@H](O)[C@H](CC)C(OC(=O)c3ccc(C4(C(F)(F)F)CN4)cc3)[C@H](C)C/C(C)=C/C=C/[C@@H]2OC)C[C@@H]([125I])[C@H]1C. The van der Waals surface area contributed by atoms with Crippen molar-refractivity contribution in [2.45, 2.75) is 140 Å². The van der Waals surface area contributed by atoms with Gasteiger partial charge in [0.25, 0.3) is 0 Å². The number of carbonyl (C=O) groups excluding carboxylic acids is 2. The van der Waals surface area contributed by atoms with Crippen molar-refractivity contribution in [2.24, 2.45) is 35.5 Å². The number of cyclic esters (lactones) is 1. The van der Waals surface area contributed by atoms with Gasteiger partial charge in [-0.25, -0.2) is 9.59 Å². The van der Waals surface area contributed by atoms with Crippen LogP contribution in [0, 0.1) is 35.5 Å². The molecule has 0 saturated carbocycles. The number of alkyl halides is 4. The highest BCUT2D eigenvalue weighted by atomic mass is 125. The minimum Gasteiger partial charge on any atom is -0.490 e. The fraction of sp³-hybridized carbons (Fsp3) is 0.633. The summed E-state index contributed by atoms with van der Waals surface area (Å²) in [5.41, 5.74) is -0.501. The first-order chi connectivity index (χ1) is 29.6. The molecule has 0 amide bonds. The number of ether oxygens (including phenoxy) is 5. The van der Waals surface area contributed by atoms with Gasteiger partial charge in [-0.15, -0.1) is 0 Å². The average molecular weight is 998 g/mol. The Labute approximate surface area is 385 Å². The lowest BCUT2D eigenvalue weighted by molar-refractivity contribution is -0.165. The number of nitrogens with one attached hydrogen (secondary N) is 1. The average Bonchev–Trinajstić information content (AvgIpc) is 4.07. The van der Waals surface area contributed by atoms with Crippen molar-refractivity contribution >= 4 is 34.5 Å². The molecule has 2 fully saturated rings. The smallest absolute Gasteiger partial charge is 0.412 e. The largest absolute Gasteiger partial charge is 0.490 e. The predicted octanol–water partition coefficient (Wildman–Crippen LogP) is 9.35. The van der Waals surface area contributed by atoms with Gasteiger partial charge in [0.1, 0.15) is 18.3 Å². The van der Waals surface area contributed by atoms with Gasteiger partial charge in [-0.3, -0.25) is 5.32 Å². The fourth-order valence-electron chi connectivity index (χ4n) is 9.06. The van der Waals surface area contributed by atoms with Crippen LogP contribution < -0.4 is 5.32 Å². The van der Waals surface area contributed by atoms with Crippen LogP contribution in [0.15, 0.2) is 83.7 Å². The van der Waals surface area contributed by atoms with Crippen molar-refractivity contribution in [3.8, 4) is 0 Å². The van der Waals surface area contributed by atoms with Crippen molar-refractivity contribution in [1.82, 2.24) is 5.32 Å². The molecule has 1 aromatic carbocycles. The van der Waals surface area contributed by atoms with E-state index in [0.29, 0.717) is 28.3 Å². The number of halogens is 4. The Kier molecular flexibility index (Phi) is 19.1. The van der Waals surface area contributed by atoms with Crippen LogP contribution in [0.4, 0.5) is 13.2 Å². The monoisotopic (exact) mass is 997 g/mol. The van der Waals surface area contributed by atoms with Crippen LogP contribution in [-0.4, -0.2) is 95.7 Å². The third kappa shape index (κ3) is 12.9. The van der Waals surface area contributed by atoms with E-state index in [0.717, 1.165) is 12.0 Å². The molecule has 352 valence electrons. The number of esters is 2. The van der Waals surface area contributed by atoms with Crippen LogP contribution in [0.25, 0.3) is 0 Å². The molecule has 2 saturated heterocycles. The van der Waals surface area contributed by atoms with Crippen molar-refractivity contribution in [3.63, 3.8) is 0 Å². The normalized spacial score (nSPS) is 37.3. The van der Waals surface area contributed by atoms with Crippen LogP contribution in [0.1, 0.15) is 97.5 Å². The zero-order chi connectivity index (χ0) is 47.0. The minimum atomic E-state index is -4.49. The summed E-state index contributed by atoms with van der Waals surface area (Å²) in [5, 5.41) is 26.3. The van der Waals surface area contributed by atoms with Crippen molar-refractivity contribution in [2.75, 3.05) is 20.8 Å². The molecule has 0 spiro atoms. The number of hydrogen-bond acceptors (Lipinski definition) is 10. The summed E-state index contributed by atoms with van der Waals surface area (Å²) in [5.74, 6) is -3.54. The summed E-state index contributed by atoms with van der Waals surface area (Å²) in [6.07, 6.45) is 5.17. The summed E-state index contributed by atoms with van der Waals surface area (Å²) < 4.78 is 72.1. The summed E-state index contributed by atoms with van der Waals surface area (Å²) in [6.45, 7) is 17.1. The molecule has 3 N–H and O–H groups in total. The van der Waals surface area contributed by atoms with Crippen molar-refractivity contribution in [3.05, 3.63) is 94.8 Å². The Balaban J connectivity index is 1.69. The van der Waals surface area contributed by atoms with Gasteiger partial charge in [0, 0.05) is 41.3 Å². The molecule has 15 atom stereocenters. The van der Waals surface area contributed by atoms with E-state index < -0.39 is 71.9 Å². The third-order valence-corrected chi connectivity index (χ3v) is 14.9. The van der Waals surface area contributed by atoms with Crippen LogP contribution in [0.5, 0.6) is 0 Å². The first-order valence-electron chi connectivity index (χ1n) is 22.1. The molecule has 3 heterocycles. The Morgan fingerprint density at radius 1 is 1.11 bits per heavy atom. The lowest BCUT2D eigenvalue weighted by Crippen LogP contribution is -2.49. The van der Waals surface area contributed by atoms with E-state index in [1.165, 1.54) is 44.6 Å². The van der Waals surface area contributed by atoms with E-state index in [4.69, 9.17) is 23.7 Å². The van der Waals surface area contributed by atoms with E-state index in [1.54, 1.807) is 25.2 Å². The molecule has 0 aromatic heterocycles. The Bertz CT molecular complexity index is 1840. The number of benzene rings is 1. The number of allylic oxidation sites excluding steroid dienone is 6. The molecule has 63 heavy (non-hydrogen) atoms. The molecular formula is C49H69F3INO9. The summed E-state index contributed by atoms with van der Waals surface area (Å²) in [6, 6.07) is 5.27. The highest BCUT2D eigenvalue weighted by Crippen LogP contribution is 2.46. The standard InChI is InChI=1S/C49H69F3INO9/c1-12-15-38-31(7)37(53)25-40(61-38)32(8)43(56)33(9)45-39(59-10)17-14-16-27(3)22-30(6)44(36(13-2)42(55)29(5)23-28(4)24-41(60-11)47(58)63-45)62-46(57)34-18-20-35(21-19-34)48(26-54-48)49(50,51)52/h12,14-21,23-24,29-33,36-40,42-45,54-56H,13,22,25-26H2,1-11H3/b15-12+,17-14+,27-16+,28-23+,41-24-/t29-,30-,31-,32-,33+,36+,37-,38-,39+,40-,42-,43-,44?,45-,48?/m1/s1/i53-2. The number of methoxy groups -OCH3 is 2. The van der Waals surface area contributed by atoms with E-state index in [-0.39, 0.29) is 47.5 Å². The molecule has 10 nitrogen and oxygen atoms in total. The Morgan fingerprint density at radius 3 is 2.32 bits per heavy atom. The van der Waals surface area contributed by atoms with Crippen molar-refractivity contribution < 1.29 is 56.7 Å². The molecule has 1 aromatic rings.